The van der Waals surface area contributed by atoms with Crippen LogP contribution in [-0.2, 0) is 4.79 Å². The van der Waals surface area contributed by atoms with Crippen LogP contribution in [0.2, 0.25) is 0 Å². The van der Waals surface area contributed by atoms with Gasteiger partial charge in [-0.2, -0.15) is 5.26 Å². The molecule has 3 rings (SSSR count). The summed E-state index contributed by atoms with van der Waals surface area (Å²) in [5.41, 5.74) is 4.54. The van der Waals surface area contributed by atoms with Crippen LogP contribution in [0.1, 0.15) is 18.9 Å². The van der Waals surface area contributed by atoms with E-state index in [1.54, 1.807) is 31.5 Å². The van der Waals surface area contributed by atoms with Crippen molar-refractivity contribution in [3.63, 3.8) is 0 Å². The lowest BCUT2D eigenvalue weighted by Crippen LogP contribution is -2.07. The van der Waals surface area contributed by atoms with E-state index in [9.17, 15) is 4.79 Å². The van der Waals surface area contributed by atoms with Gasteiger partial charge in [-0.25, -0.2) is 9.97 Å². The van der Waals surface area contributed by atoms with Gasteiger partial charge in [0, 0.05) is 24.4 Å². The number of carbonyl (C=O) groups excluding carboxylic acids is 1. The average Bonchev–Trinajstić information content (AvgIpc) is 2.69. The number of aromatic nitrogens is 2. The highest BCUT2D eigenvalue weighted by Crippen LogP contribution is 2.24. The van der Waals surface area contributed by atoms with Crippen LogP contribution >= 0.6 is 0 Å². The number of hydrogen-bond acceptors (Lipinski definition) is 5. The van der Waals surface area contributed by atoms with Gasteiger partial charge in [-0.15, -0.1) is 0 Å². The molecule has 1 aromatic heterocycles. The van der Waals surface area contributed by atoms with Gasteiger partial charge >= 0.3 is 12.0 Å². The molecule has 0 bridgehead atoms. The molecule has 0 spiro atoms. The summed E-state index contributed by atoms with van der Waals surface area (Å²) in [5, 5.41) is 8.85. The molecule has 25 heavy (non-hydrogen) atoms. The van der Waals surface area contributed by atoms with Crippen molar-refractivity contribution in [2.45, 2.75) is 13.3 Å². The van der Waals surface area contributed by atoms with Crippen LogP contribution in [0.5, 0.6) is 6.01 Å². The lowest BCUT2D eigenvalue weighted by atomic mass is 10.0. The summed E-state index contributed by atoms with van der Waals surface area (Å²) in [6.45, 7) is 1.71. The molecular formula is C20H15N3O2. The van der Waals surface area contributed by atoms with Crippen molar-refractivity contribution in [3.8, 4) is 34.3 Å². The molecule has 1 heterocycles. The Labute approximate surface area is 145 Å². The molecule has 122 valence electrons. The summed E-state index contributed by atoms with van der Waals surface area (Å²) in [6, 6.07) is 17.6. The van der Waals surface area contributed by atoms with Gasteiger partial charge in [-0.3, -0.25) is 4.79 Å². The van der Waals surface area contributed by atoms with Gasteiger partial charge in [0.15, 0.2) is 0 Å². The zero-order valence-electron chi connectivity index (χ0n) is 13.6. The van der Waals surface area contributed by atoms with Gasteiger partial charge in [0.1, 0.15) is 0 Å². The molecule has 0 amide bonds. The van der Waals surface area contributed by atoms with E-state index in [0.29, 0.717) is 5.56 Å². The van der Waals surface area contributed by atoms with Gasteiger partial charge in [0.05, 0.1) is 11.6 Å². The molecule has 0 saturated carbocycles. The van der Waals surface area contributed by atoms with Crippen molar-refractivity contribution in [3.05, 3.63) is 66.5 Å². The van der Waals surface area contributed by atoms with Crippen LogP contribution in [0.25, 0.3) is 22.3 Å². The lowest BCUT2D eigenvalue weighted by Gasteiger charge is -2.05. The number of ether oxygens (including phenoxy) is 1. The smallest absolute Gasteiger partial charge is 0.324 e. The van der Waals surface area contributed by atoms with Crippen LogP contribution in [-0.4, -0.2) is 15.9 Å². The quantitative estimate of drug-likeness (QED) is 0.676. The first kappa shape index (κ1) is 16.3. The maximum Gasteiger partial charge on any atom is 0.324 e. The summed E-state index contributed by atoms with van der Waals surface area (Å²) in [6.07, 6.45) is 3.53. The Morgan fingerprint density at radius 2 is 1.40 bits per heavy atom. The van der Waals surface area contributed by atoms with Gasteiger partial charge in [-0.05, 0) is 28.8 Å². The number of esters is 1. The molecule has 0 aliphatic carbocycles. The van der Waals surface area contributed by atoms with E-state index in [4.69, 9.17) is 10.00 Å². The Morgan fingerprint density at radius 1 is 0.920 bits per heavy atom. The number of rotatable bonds is 4. The predicted molar refractivity (Wildman–Crippen MR) is 93.5 cm³/mol. The van der Waals surface area contributed by atoms with Crippen molar-refractivity contribution in [1.82, 2.24) is 9.97 Å². The number of nitriles is 1. The van der Waals surface area contributed by atoms with E-state index in [1.807, 2.05) is 36.4 Å². The molecule has 0 N–H and O–H groups in total. The molecule has 3 aromatic rings. The zero-order valence-corrected chi connectivity index (χ0v) is 13.6. The minimum Gasteiger partial charge on any atom is -0.391 e. The average molecular weight is 329 g/mol. The third-order valence-electron chi connectivity index (χ3n) is 3.69. The molecule has 0 atom stereocenters. The number of nitrogens with zero attached hydrogens (tertiary/aromatic N) is 3. The summed E-state index contributed by atoms with van der Waals surface area (Å²) in [5.74, 6) is -0.362. The van der Waals surface area contributed by atoms with E-state index in [0.717, 1.165) is 22.3 Å². The normalized spacial score (nSPS) is 10.1. The first-order chi connectivity index (χ1) is 12.2. The number of hydrogen-bond donors (Lipinski definition) is 0. The molecule has 0 radical (unpaired) electrons. The molecule has 2 aromatic carbocycles. The Morgan fingerprint density at radius 3 is 1.88 bits per heavy atom. The van der Waals surface area contributed by atoms with Crippen LogP contribution < -0.4 is 4.74 Å². The number of carbonyl (C=O) groups is 1. The zero-order chi connectivity index (χ0) is 17.6. The van der Waals surface area contributed by atoms with Crippen molar-refractivity contribution < 1.29 is 9.53 Å². The molecule has 5 heteroatoms. The Balaban J connectivity index is 1.77. The van der Waals surface area contributed by atoms with Gasteiger partial charge in [0.25, 0.3) is 0 Å². The van der Waals surface area contributed by atoms with E-state index in [-0.39, 0.29) is 18.4 Å². The summed E-state index contributed by atoms with van der Waals surface area (Å²) in [4.78, 5) is 19.3. The van der Waals surface area contributed by atoms with Crippen LogP contribution in [0, 0.1) is 11.3 Å². The molecule has 0 fully saturated rings. The van der Waals surface area contributed by atoms with E-state index in [1.165, 1.54) is 0 Å². The van der Waals surface area contributed by atoms with E-state index in [2.05, 4.69) is 16.0 Å². The minimum atomic E-state index is -0.362. The van der Waals surface area contributed by atoms with Gasteiger partial charge in [0.2, 0.25) is 0 Å². The minimum absolute atomic E-state index is 0.0600. The Hall–Kier alpha value is -3.52. The third-order valence-corrected chi connectivity index (χ3v) is 3.69. The monoisotopic (exact) mass is 329 g/mol. The second-order valence-corrected chi connectivity index (χ2v) is 5.35. The first-order valence-corrected chi connectivity index (χ1v) is 7.83. The third kappa shape index (κ3) is 3.88. The molecule has 0 unspecified atom stereocenters. The molecule has 5 nitrogen and oxygen atoms in total. The fourth-order valence-corrected chi connectivity index (χ4v) is 2.28. The topological polar surface area (TPSA) is 75.9 Å². The Kier molecular flexibility index (Phi) is 4.82. The summed E-state index contributed by atoms with van der Waals surface area (Å²) in [7, 11) is 0. The highest BCUT2D eigenvalue weighted by Gasteiger charge is 2.06. The summed E-state index contributed by atoms with van der Waals surface area (Å²) < 4.78 is 4.97. The molecule has 0 aliphatic heterocycles. The van der Waals surface area contributed by atoms with Crippen molar-refractivity contribution in [1.29, 1.82) is 5.26 Å². The molecule has 0 saturated heterocycles. The SMILES string of the molecule is CCC(=O)Oc1ncc(-c2ccc(-c3ccc(C#N)cc3)cc2)cn1. The second-order valence-electron chi connectivity index (χ2n) is 5.35. The van der Waals surface area contributed by atoms with Crippen LogP contribution in [0.3, 0.4) is 0 Å². The van der Waals surface area contributed by atoms with E-state index >= 15 is 0 Å². The second kappa shape index (κ2) is 7.37. The summed E-state index contributed by atoms with van der Waals surface area (Å²) >= 11 is 0. The van der Waals surface area contributed by atoms with Crippen molar-refractivity contribution in [2.75, 3.05) is 0 Å². The first-order valence-electron chi connectivity index (χ1n) is 7.83. The standard InChI is InChI=1S/C20H15N3O2/c1-2-19(24)25-20-22-12-18(13-23-20)17-9-7-16(8-10-17)15-5-3-14(11-21)4-6-15/h3-10,12-13H,2H2,1H3. The maximum absolute atomic E-state index is 11.2. The van der Waals surface area contributed by atoms with Crippen molar-refractivity contribution in [2.24, 2.45) is 0 Å². The highest BCUT2D eigenvalue weighted by atomic mass is 16.5. The fourth-order valence-electron chi connectivity index (χ4n) is 2.28. The van der Waals surface area contributed by atoms with Crippen LogP contribution in [0.4, 0.5) is 0 Å². The molecular weight excluding hydrogens is 314 g/mol. The number of benzene rings is 2. The van der Waals surface area contributed by atoms with Gasteiger partial charge < -0.3 is 4.74 Å². The maximum atomic E-state index is 11.2. The molecule has 0 aliphatic rings. The lowest BCUT2D eigenvalue weighted by molar-refractivity contribution is -0.134. The highest BCUT2D eigenvalue weighted by molar-refractivity contribution is 5.72. The van der Waals surface area contributed by atoms with Crippen molar-refractivity contribution >= 4 is 5.97 Å². The largest absolute Gasteiger partial charge is 0.391 e. The predicted octanol–water partition coefficient (Wildman–Crippen LogP) is 4.00. The van der Waals surface area contributed by atoms with Gasteiger partial charge in [-0.1, -0.05) is 43.3 Å². The Bertz CT molecular complexity index is 909. The van der Waals surface area contributed by atoms with E-state index < -0.39 is 0 Å². The fraction of sp³-hybridized carbons (Fsp3) is 0.100. The van der Waals surface area contributed by atoms with Crippen LogP contribution in [0.15, 0.2) is 60.9 Å².